The van der Waals surface area contributed by atoms with Crippen LogP contribution < -0.4 is 5.32 Å². The quantitative estimate of drug-likeness (QED) is 0.824. The lowest BCUT2D eigenvalue weighted by molar-refractivity contribution is 0.0896. The number of rotatable bonds is 3. The zero-order valence-corrected chi connectivity index (χ0v) is 15.3. The van der Waals surface area contributed by atoms with Gasteiger partial charge in [0.25, 0.3) is 12.3 Å². The van der Waals surface area contributed by atoms with Crippen molar-refractivity contribution in [3.8, 4) is 0 Å². The number of amides is 1. The molecule has 0 unspecified atom stereocenters. The first kappa shape index (κ1) is 17.5. The number of benzene rings is 1. The van der Waals surface area contributed by atoms with Crippen molar-refractivity contribution in [1.82, 2.24) is 15.1 Å². The molecule has 2 aromatic rings. The maximum absolute atomic E-state index is 13.3. The van der Waals surface area contributed by atoms with Crippen LogP contribution in [0.4, 0.5) is 8.78 Å². The Hall–Kier alpha value is -1.92. The lowest BCUT2D eigenvalue weighted by Gasteiger charge is -2.33. The Morgan fingerprint density at radius 1 is 1.38 bits per heavy atom. The van der Waals surface area contributed by atoms with Gasteiger partial charge in [-0.2, -0.15) is 5.10 Å². The Morgan fingerprint density at radius 2 is 2.12 bits per heavy atom. The Kier molecular flexibility index (Phi) is 4.08. The van der Waals surface area contributed by atoms with Crippen LogP contribution >= 0.6 is 23.2 Å². The normalized spacial score (nSPS) is 23.5. The van der Waals surface area contributed by atoms with E-state index in [9.17, 15) is 13.6 Å². The summed E-state index contributed by atoms with van der Waals surface area (Å²) in [7, 11) is 1.50. The molecule has 1 fully saturated rings. The molecule has 4 rings (SSSR count). The Morgan fingerprint density at radius 3 is 2.81 bits per heavy atom. The molecule has 2 atom stereocenters. The number of aromatic nitrogens is 2. The standard InChI is InChI=1S/C18H15Cl2F2N3O/c1-25-8-11(16(21)22)14(24-25)17(26)23-18-7-9(6-13(18)15(19)20)10-4-2-3-5-12(10)18/h2-5,8-9,16H,6-7H2,1H3,(H,23,26)/t9-,18+/m0/s1. The molecule has 26 heavy (non-hydrogen) atoms. The third-order valence-electron chi connectivity index (χ3n) is 5.24. The number of hydrogen-bond donors (Lipinski definition) is 1. The number of carbonyl (C=O) groups is 1. The number of aryl methyl sites for hydroxylation is 1. The molecule has 1 saturated carbocycles. The van der Waals surface area contributed by atoms with E-state index in [1.165, 1.54) is 11.7 Å². The van der Waals surface area contributed by atoms with Gasteiger partial charge in [0.1, 0.15) is 4.49 Å². The van der Waals surface area contributed by atoms with E-state index >= 15 is 0 Å². The van der Waals surface area contributed by atoms with Crippen molar-refractivity contribution >= 4 is 29.1 Å². The highest BCUT2D eigenvalue weighted by molar-refractivity contribution is 6.56. The van der Waals surface area contributed by atoms with E-state index in [0.717, 1.165) is 17.3 Å². The number of alkyl halides is 2. The van der Waals surface area contributed by atoms with Gasteiger partial charge in [-0.15, -0.1) is 0 Å². The van der Waals surface area contributed by atoms with Crippen LogP contribution in [0.2, 0.25) is 0 Å². The number of nitrogens with one attached hydrogen (secondary N) is 1. The molecule has 0 aliphatic heterocycles. The van der Waals surface area contributed by atoms with Gasteiger partial charge in [-0.05, 0) is 35.5 Å². The Bertz CT molecular complexity index is 936. The molecular formula is C18H15Cl2F2N3O. The Balaban J connectivity index is 1.79. The van der Waals surface area contributed by atoms with Gasteiger partial charge in [0, 0.05) is 13.2 Å². The molecule has 1 heterocycles. The number of nitrogens with zero attached hydrogens (tertiary/aromatic N) is 2. The fourth-order valence-electron chi connectivity index (χ4n) is 4.25. The fraction of sp³-hybridized carbons (Fsp3) is 0.333. The van der Waals surface area contributed by atoms with Gasteiger partial charge in [0.05, 0.1) is 11.1 Å². The van der Waals surface area contributed by atoms with Crippen molar-refractivity contribution in [2.24, 2.45) is 7.05 Å². The van der Waals surface area contributed by atoms with Crippen LogP contribution in [0.1, 0.15) is 52.4 Å². The van der Waals surface area contributed by atoms with Crippen molar-refractivity contribution in [2.75, 3.05) is 0 Å². The second-order valence-corrected chi connectivity index (χ2v) is 7.65. The van der Waals surface area contributed by atoms with Crippen molar-refractivity contribution in [1.29, 1.82) is 0 Å². The van der Waals surface area contributed by atoms with Gasteiger partial charge in [-0.25, -0.2) is 8.78 Å². The molecule has 8 heteroatoms. The highest BCUT2D eigenvalue weighted by atomic mass is 35.5. The molecule has 0 saturated heterocycles. The minimum Gasteiger partial charge on any atom is -0.337 e. The first-order chi connectivity index (χ1) is 12.3. The third kappa shape index (κ3) is 2.47. The van der Waals surface area contributed by atoms with Gasteiger partial charge in [0.15, 0.2) is 5.69 Å². The minimum atomic E-state index is -2.79. The van der Waals surface area contributed by atoms with Gasteiger partial charge >= 0.3 is 0 Å². The molecule has 136 valence electrons. The van der Waals surface area contributed by atoms with Crippen molar-refractivity contribution < 1.29 is 13.6 Å². The molecule has 0 radical (unpaired) electrons. The van der Waals surface area contributed by atoms with Crippen LogP contribution in [0.3, 0.4) is 0 Å². The third-order valence-corrected chi connectivity index (χ3v) is 5.70. The second-order valence-electron chi connectivity index (χ2n) is 6.70. The van der Waals surface area contributed by atoms with E-state index < -0.39 is 23.4 Å². The SMILES string of the molecule is Cn1cc(C(F)F)c(C(=O)N[C@@]23C[C@H](CC2=C(Cl)Cl)c2ccccc23)n1. The van der Waals surface area contributed by atoms with Crippen LogP contribution in [0, 0.1) is 0 Å². The number of hydrogen-bond acceptors (Lipinski definition) is 2. The molecule has 1 aromatic heterocycles. The highest BCUT2D eigenvalue weighted by Gasteiger charge is 2.54. The molecule has 1 amide bonds. The molecule has 1 N–H and O–H groups in total. The maximum atomic E-state index is 13.3. The molecule has 2 bridgehead atoms. The zero-order valence-electron chi connectivity index (χ0n) is 13.8. The van der Waals surface area contributed by atoms with Crippen LogP contribution in [-0.4, -0.2) is 15.7 Å². The van der Waals surface area contributed by atoms with Crippen LogP contribution in [-0.2, 0) is 12.6 Å². The molecular weight excluding hydrogens is 383 g/mol. The van der Waals surface area contributed by atoms with E-state index in [4.69, 9.17) is 23.2 Å². The molecule has 1 aromatic carbocycles. The predicted molar refractivity (Wildman–Crippen MR) is 94.5 cm³/mol. The first-order valence-corrected chi connectivity index (χ1v) is 8.87. The topological polar surface area (TPSA) is 46.9 Å². The molecule has 2 aliphatic carbocycles. The largest absolute Gasteiger partial charge is 0.337 e. The smallest absolute Gasteiger partial charge is 0.273 e. The number of carbonyl (C=O) groups excluding carboxylic acids is 1. The van der Waals surface area contributed by atoms with E-state index in [1.807, 2.05) is 24.3 Å². The lowest BCUT2D eigenvalue weighted by Crippen LogP contribution is -2.45. The van der Waals surface area contributed by atoms with Gasteiger partial charge in [-0.1, -0.05) is 47.5 Å². The van der Waals surface area contributed by atoms with E-state index in [0.29, 0.717) is 18.4 Å². The van der Waals surface area contributed by atoms with Gasteiger partial charge in [-0.3, -0.25) is 9.48 Å². The average molecular weight is 398 g/mol. The summed E-state index contributed by atoms with van der Waals surface area (Å²) in [4.78, 5) is 12.9. The van der Waals surface area contributed by atoms with Crippen molar-refractivity contribution in [3.63, 3.8) is 0 Å². The molecule has 2 aliphatic rings. The second kappa shape index (κ2) is 6.06. The van der Waals surface area contributed by atoms with Crippen LogP contribution in [0.5, 0.6) is 0 Å². The zero-order chi connectivity index (χ0) is 18.6. The van der Waals surface area contributed by atoms with E-state index in [-0.39, 0.29) is 16.1 Å². The fourth-order valence-corrected chi connectivity index (χ4v) is 4.72. The highest BCUT2D eigenvalue weighted by Crippen LogP contribution is 2.60. The molecule has 0 spiro atoms. The Labute approximate surface area is 158 Å². The van der Waals surface area contributed by atoms with Crippen LogP contribution in [0.15, 0.2) is 40.5 Å². The van der Waals surface area contributed by atoms with Gasteiger partial charge < -0.3 is 5.32 Å². The number of halogens is 4. The average Bonchev–Trinajstić information content (AvgIpc) is 3.25. The summed E-state index contributed by atoms with van der Waals surface area (Å²) in [6, 6.07) is 7.74. The minimum absolute atomic E-state index is 0.109. The number of fused-ring (bicyclic) bond motifs is 5. The monoisotopic (exact) mass is 397 g/mol. The summed E-state index contributed by atoms with van der Waals surface area (Å²) < 4.78 is 27.8. The summed E-state index contributed by atoms with van der Waals surface area (Å²) in [6.45, 7) is 0. The van der Waals surface area contributed by atoms with Crippen LogP contribution in [0.25, 0.3) is 0 Å². The van der Waals surface area contributed by atoms with E-state index in [1.54, 1.807) is 0 Å². The van der Waals surface area contributed by atoms with E-state index in [2.05, 4.69) is 10.4 Å². The summed E-state index contributed by atoms with van der Waals surface area (Å²) in [6.07, 6.45) is -0.403. The summed E-state index contributed by atoms with van der Waals surface area (Å²) in [5, 5.41) is 6.84. The summed E-state index contributed by atoms with van der Waals surface area (Å²) in [5.41, 5.74) is 1.19. The van der Waals surface area contributed by atoms with Crippen molar-refractivity contribution in [3.05, 3.63) is 62.9 Å². The van der Waals surface area contributed by atoms with Gasteiger partial charge in [0.2, 0.25) is 0 Å². The van der Waals surface area contributed by atoms with Crippen molar-refractivity contribution in [2.45, 2.75) is 30.7 Å². The lowest BCUT2D eigenvalue weighted by atomic mass is 9.83. The summed E-state index contributed by atoms with van der Waals surface area (Å²) >= 11 is 12.2. The predicted octanol–water partition coefficient (Wildman–Crippen LogP) is 4.56. The molecule has 4 nitrogen and oxygen atoms in total. The summed E-state index contributed by atoms with van der Waals surface area (Å²) in [5.74, 6) is -0.474. The first-order valence-electron chi connectivity index (χ1n) is 8.11. The maximum Gasteiger partial charge on any atom is 0.273 e.